The number of anilines is 1. The summed E-state index contributed by atoms with van der Waals surface area (Å²) in [6, 6.07) is 5.84. The molecule has 0 aliphatic heterocycles. The Morgan fingerprint density at radius 2 is 2.19 bits per heavy atom. The molecular formula is C16H25N3OS. The van der Waals surface area contributed by atoms with Gasteiger partial charge in [0.15, 0.2) is 0 Å². The first-order valence-corrected chi connectivity index (χ1v) is 9.08. The Labute approximate surface area is 131 Å². The topological polar surface area (TPSA) is 54.0 Å². The van der Waals surface area contributed by atoms with E-state index in [0.717, 1.165) is 25.2 Å². The monoisotopic (exact) mass is 307 g/mol. The predicted octanol–water partition coefficient (Wildman–Crippen LogP) is 3.31. The van der Waals surface area contributed by atoms with Crippen molar-refractivity contribution in [1.29, 1.82) is 0 Å². The molecule has 1 aliphatic carbocycles. The third-order valence-corrected chi connectivity index (χ3v) is 5.03. The zero-order chi connectivity index (χ0) is 15.1. The Bertz CT molecular complexity index is 467. The van der Waals surface area contributed by atoms with E-state index < -0.39 is 0 Å². The Kier molecular flexibility index (Phi) is 6.36. The molecule has 2 atom stereocenters. The Balaban J connectivity index is 1.98. The zero-order valence-electron chi connectivity index (χ0n) is 12.9. The van der Waals surface area contributed by atoms with Gasteiger partial charge in [0.1, 0.15) is 11.5 Å². The van der Waals surface area contributed by atoms with Crippen molar-refractivity contribution >= 4 is 23.5 Å². The van der Waals surface area contributed by atoms with Crippen LogP contribution in [0, 0.1) is 0 Å². The molecule has 1 heterocycles. The molecule has 1 amide bonds. The van der Waals surface area contributed by atoms with E-state index >= 15 is 0 Å². The predicted molar refractivity (Wildman–Crippen MR) is 90.0 cm³/mol. The summed E-state index contributed by atoms with van der Waals surface area (Å²) in [6.45, 7) is 2.98. The lowest BCUT2D eigenvalue weighted by molar-refractivity contribution is 0.0924. The standard InChI is InChI=1S/C16H25N3OS/c1-3-11-17-15-10-6-8-13(18-15)16(20)19-12-7-4-5-9-14(12)21-2/h6,8,10,12,14H,3-5,7,9,11H2,1-2H3,(H,17,18)(H,19,20). The number of carbonyl (C=O) groups excluding carboxylic acids is 1. The molecular weight excluding hydrogens is 282 g/mol. The van der Waals surface area contributed by atoms with Gasteiger partial charge in [-0.2, -0.15) is 11.8 Å². The highest BCUT2D eigenvalue weighted by atomic mass is 32.2. The number of thioether (sulfide) groups is 1. The van der Waals surface area contributed by atoms with Gasteiger partial charge in [-0.05, 0) is 37.7 Å². The molecule has 1 aromatic rings. The number of amides is 1. The summed E-state index contributed by atoms with van der Waals surface area (Å²) in [5, 5.41) is 6.92. The van der Waals surface area contributed by atoms with Crippen LogP contribution in [-0.2, 0) is 0 Å². The molecule has 4 nitrogen and oxygen atoms in total. The fourth-order valence-electron chi connectivity index (χ4n) is 2.70. The van der Waals surface area contributed by atoms with Crippen LogP contribution in [0.2, 0.25) is 0 Å². The first-order chi connectivity index (χ1) is 10.2. The number of hydrogen-bond acceptors (Lipinski definition) is 4. The summed E-state index contributed by atoms with van der Waals surface area (Å²) in [4.78, 5) is 16.8. The van der Waals surface area contributed by atoms with Gasteiger partial charge in [-0.25, -0.2) is 4.98 Å². The van der Waals surface area contributed by atoms with Crippen LogP contribution < -0.4 is 10.6 Å². The number of rotatable bonds is 6. The summed E-state index contributed by atoms with van der Waals surface area (Å²) in [5.41, 5.74) is 0.501. The number of pyridine rings is 1. The van der Waals surface area contributed by atoms with E-state index in [1.54, 1.807) is 6.07 Å². The quantitative estimate of drug-likeness (QED) is 0.846. The molecule has 1 aliphatic rings. The van der Waals surface area contributed by atoms with Crippen LogP contribution in [0.25, 0.3) is 0 Å². The highest BCUT2D eigenvalue weighted by molar-refractivity contribution is 7.99. The number of nitrogens with one attached hydrogen (secondary N) is 2. The van der Waals surface area contributed by atoms with E-state index in [2.05, 4.69) is 28.8 Å². The first-order valence-electron chi connectivity index (χ1n) is 7.79. The molecule has 5 heteroatoms. The number of carbonyl (C=O) groups is 1. The second-order valence-corrected chi connectivity index (χ2v) is 6.55. The molecule has 0 aromatic carbocycles. The molecule has 1 aromatic heterocycles. The maximum atomic E-state index is 12.4. The van der Waals surface area contributed by atoms with E-state index in [-0.39, 0.29) is 11.9 Å². The van der Waals surface area contributed by atoms with Crippen LogP contribution in [-0.4, -0.2) is 35.0 Å². The lowest BCUT2D eigenvalue weighted by atomic mass is 9.95. The second-order valence-electron chi connectivity index (χ2n) is 5.47. The van der Waals surface area contributed by atoms with E-state index in [9.17, 15) is 4.79 Å². The highest BCUT2D eigenvalue weighted by Crippen LogP contribution is 2.27. The van der Waals surface area contributed by atoms with Gasteiger partial charge in [0.25, 0.3) is 5.91 Å². The fourth-order valence-corrected chi connectivity index (χ4v) is 3.63. The fraction of sp³-hybridized carbons (Fsp3) is 0.625. The smallest absolute Gasteiger partial charge is 0.270 e. The molecule has 2 N–H and O–H groups in total. The summed E-state index contributed by atoms with van der Waals surface area (Å²) in [6.07, 6.45) is 7.90. The van der Waals surface area contributed by atoms with E-state index in [0.29, 0.717) is 10.9 Å². The minimum atomic E-state index is -0.0545. The maximum Gasteiger partial charge on any atom is 0.270 e. The van der Waals surface area contributed by atoms with Crippen molar-refractivity contribution in [3.63, 3.8) is 0 Å². The van der Waals surface area contributed by atoms with Crippen LogP contribution in [0.1, 0.15) is 49.5 Å². The van der Waals surface area contributed by atoms with Crippen molar-refractivity contribution in [2.75, 3.05) is 18.1 Å². The van der Waals surface area contributed by atoms with Crippen LogP contribution in [0.15, 0.2) is 18.2 Å². The van der Waals surface area contributed by atoms with Crippen molar-refractivity contribution in [2.24, 2.45) is 0 Å². The van der Waals surface area contributed by atoms with Gasteiger partial charge >= 0.3 is 0 Å². The SMILES string of the molecule is CCCNc1cccc(C(=O)NC2CCCCC2SC)n1. The van der Waals surface area contributed by atoms with E-state index in [1.807, 2.05) is 23.9 Å². The maximum absolute atomic E-state index is 12.4. The second kappa shape index (κ2) is 8.27. The molecule has 1 saturated carbocycles. The molecule has 1 fully saturated rings. The van der Waals surface area contributed by atoms with Gasteiger partial charge in [0.2, 0.25) is 0 Å². The average molecular weight is 307 g/mol. The van der Waals surface area contributed by atoms with Gasteiger partial charge < -0.3 is 10.6 Å². The molecule has 2 unspecified atom stereocenters. The van der Waals surface area contributed by atoms with Crippen LogP contribution >= 0.6 is 11.8 Å². The molecule has 0 radical (unpaired) electrons. The van der Waals surface area contributed by atoms with Gasteiger partial charge in [0.05, 0.1) is 0 Å². The van der Waals surface area contributed by atoms with Crippen molar-refractivity contribution in [3.8, 4) is 0 Å². The first kappa shape index (κ1) is 16.1. The van der Waals surface area contributed by atoms with Crippen LogP contribution in [0.4, 0.5) is 5.82 Å². The number of aromatic nitrogens is 1. The van der Waals surface area contributed by atoms with Gasteiger partial charge in [-0.15, -0.1) is 0 Å². The third-order valence-electron chi connectivity index (χ3n) is 3.86. The summed E-state index contributed by atoms with van der Waals surface area (Å²) in [7, 11) is 0. The zero-order valence-corrected chi connectivity index (χ0v) is 13.7. The Morgan fingerprint density at radius 1 is 1.38 bits per heavy atom. The molecule has 21 heavy (non-hydrogen) atoms. The van der Waals surface area contributed by atoms with Crippen LogP contribution in [0.3, 0.4) is 0 Å². The van der Waals surface area contributed by atoms with Gasteiger partial charge in [0, 0.05) is 17.8 Å². The molecule has 2 rings (SSSR count). The lowest BCUT2D eigenvalue weighted by Crippen LogP contribution is -2.43. The molecule has 0 saturated heterocycles. The minimum absolute atomic E-state index is 0.0545. The van der Waals surface area contributed by atoms with Gasteiger partial charge in [-0.3, -0.25) is 4.79 Å². The normalized spacial score (nSPS) is 21.8. The van der Waals surface area contributed by atoms with E-state index in [4.69, 9.17) is 0 Å². The molecule has 0 bridgehead atoms. The Morgan fingerprint density at radius 3 is 2.95 bits per heavy atom. The average Bonchev–Trinajstić information content (AvgIpc) is 2.53. The number of nitrogens with zero attached hydrogens (tertiary/aromatic N) is 1. The van der Waals surface area contributed by atoms with Crippen molar-refractivity contribution < 1.29 is 4.79 Å². The van der Waals surface area contributed by atoms with E-state index in [1.165, 1.54) is 19.3 Å². The van der Waals surface area contributed by atoms with Crippen LogP contribution in [0.5, 0.6) is 0 Å². The largest absolute Gasteiger partial charge is 0.370 e. The van der Waals surface area contributed by atoms with Gasteiger partial charge in [-0.1, -0.05) is 25.8 Å². The lowest BCUT2D eigenvalue weighted by Gasteiger charge is -2.30. The number of hydrogen-bond donors (Lipinski definition) is 2. The summed E-state index contributed by atoms with van der Waals surface area (Å²) < 4.78 is 0. The Hall–Kier alpha value is -1.23. The highest BCUT2D eigenvalue weighted by Gasteiger charge is 2.26. The summed E-state index contributed by atoms with van der Waals surface area (Å²) >= 11 is 1.86. The molecule has 116 valence electrons. The van der Waals surface area contributed by atoms with Crippen molar-refractivity contribution in [3.05, 3.63) is 23.9 Å². The third kappa shape index (κ3) is 4.63. The summed E-state index contributed by atoms with van der Waals surface area (Å²) in [5.74, 6) is 0.718. The van der Waals surface area contributed by atoms with Crippen molar-refractivity contribution in [2.45, 2.75) is 50.3 Å². The molecule has 0 spiro atoms. The van der Waals surface area contributed by atoms with Crippen molar-refractivity contribution in [1.82, 2.24) is 10.3 Å². The minimum Gasteiger partial charge on any atom is -0.370 e.